The van der Waals surface area contributed by atoms with E-state index in [1.807, 2.05) is 19.0 Å². The molecule has 0 aliphatic heterocycles. The van der Waals surface area contributed by atoms with E-state index in [1.54, 1.807) is 11.3 Å². The molecule has 0 bridgehead atoms. The fourth-order valence-corrected chi connectivity index (χ4v) is 2.16. The molecule has 1 N–H and O–H groups in total. The van der Waals surface area contributed by atoms with Crippen LogP contribution < -0.4 is 5.32 Å². The van der Waals surface area contributed by atoms with Crippen LogP contribution in [0, 0.1) is 0 Å². The molecule has 1 amide bonds. The molecule has 1 rings (SSSR count). The Morgan fingerprint density at radius 3 is 3.00 bits per heavy atom. The first kappa shape index (κ1) is 13.2. The second kappa shape index (κ2) is 7.41. The van der Waals surface area contributed by atoms with Crippen molar-refractivity contribution in [3.8, 4) is 0 Å². The maximum atomic E-state index is 11.7. The molecule has 1 heterocycles. The number of nitrogens with one attached hydrogen (secondary N) is 1. The number of likely N-dealkylation sites (N-methyl/N-ethyl adjacent to an activating group) is 1. The van der Waals surface area contributed by atoms with Crippen molar-refractivity contribution >= 4 is 17.2 Å². The van der Waals surface area contributed by atoms with Crippen LogP contribution in [0.1, 0.15) is 17.7 Å². The largest absolute Gasteiger partial charge is 0.345 e. The third-order valence-corrected chi connectivity index (χ3v) is 3.45. The Morgan fingerprint density at radius 2 is 2.38 bits per heavy atom. The lowest BCUT2D eigenvalue weighted by Gasteiger charge is -2.16. The van der Waals surface area contributed by atoms with E-state index in [4.69, 9.17) is 0 Å². The summed E-state index contributed by atoms with van der Waals surface area (Å²) in [4.78, 5) is 14.9. The lowest BCUT2D eigenvalue weighted by atomic mass is 10.2. The molecule has 90 valence electrons. The first-order chi connectivity index (χ1) is 7.74. The summed E-state index contributed by atoms with van der Waals surface area (Å²) in [7, 11) is 3.79. The van der Waals surface area contributed by atoms with Crippen LogP contribution in [0.15, 0.2) is 17.5 Å². The highest BCUT2D eigenvalue weighted by atomic mass is 32.1. The topological polar surface area (TPSA) is 32.3 Å². The fraction of sp³-hybridized carbons (Fsp3) is 0.583. The van der Waals surface area contributed by atoms with Gasteiger partial charge < -0.3 is 10.2 Å². The van der Waals surface area contributed by atoms with Crippen LogP contribution in [0.2, 0.25) is 0 Å². The Morgan fingerprint density at radius 1 is 1.56 bits per heavy atom. The molecule has 0 aliphatic carbocycles. The molecule has 0 fully saturated rings. The Balaban J connectivity index is 2.18. The lowest BCUT2D eigenvalue weighted by Crippen LogP contribution is -2.29. The van der Waals surface area contributed by atoms with E-state index in [-0.39, 0.29) is 5.91 Å². The highest BCUT2D eigenvalue weighted by Gasteiger charge is 2.07. The predicted molar refractivity (Wildman–Crippen MR) is 68.8 cm³/mol. The van der Waals surface area contributed by atoms with E-state index >= 15 is 0 Å². The van der Waals surface area contributed by atoms with Gasteiger partial charge in [0.15, 0.2) is 0 Å². The standard InChI is InChI=1S/C12H20N2OS/c1-13-8-3-6-12(15)14(2)9-7-11-5-4-10-16-11/h4-5,10,13H,3,6-9H2,1-2H3. The zero-order valence-electron chi connectivity index (χ0n) is 10.0. The van der Waals surface area contributed by atoms with Crippen molar-refractivity contribution in [2.24, 2.45) is 0 Å². The molecule has 0 radical (unpaired) electrons. The maximum absolute atomic E-state index is 11.7. The number of nitrogens with zero attached hydrogens (tertiary/aromatic N) is 1. The molecule has 1 aromatic heterocycles. The fourth-order valence-electron chi connectivity index (χ4n) is 1.46. The minimum absolute atomic E-state index is 0.242. The summed E-state index contributed by atoms with van der Waals surface area (Å²) >= 11 is 1.75. The summed E-state index contributed by atoms with van der Waals surface area (Å²) in [6, 6.07) is 4.17. The Labute approximate surface area is 101 Å². The van der Waals surface area contributed by atoms with Gasteiger partial charge in [0.1, 0.15) is 0 Å². The van der Waals surface area contributed by atoms with Crippen molar-refractivity contribution < 1.29 is 4.79 Å². The molecule has 0 aliphatic rings. The SMILES string of the molecule is CNCCCC(=O)N(C)CCc1cccs1. The van der Waals surface area contributed by atoms with Crippen molar-refractivity contribution in [3.05, 3.63) is 22.4 Å². The van der Waals surface area contributed by atoms with Gasteiger partial charge in [-0.05, 0) is 37.9 Å². The number of thiophene rings is 1. The van der Waals surface area contributed by atoms with Crippen LogP contribution in [0.5, 0.6) is 0 Å². The van der Waals surface area contributed by atoms with Crippen LogP contribution in [-0.4, -0.2) is 38.0 Å². The highest BCUT2D eigenvalue weighted by Crippen LogP contribution is 2.09. The zero-order chi connectivity index (χ0) is 11.8. The average molecular weight is 240 g/mol. The highest BCUT2D eigenvalue weighted by molar-refractivity contribution is 7.09. The smallest absolute Gasteiger partial charge is 0.222 e. The molecule has 1 aromatic rings. The molecule has 0 saturated carbocycles. The van der Waals surface area contributed by atoms with E-state index in [1.165, 1.54) is 4.88 Å². The summed E-state index contributed by atoms with van der Waals surface area (Å²) < 4.78 is 0. The van der Waals surface area contributed by atoms with E-state index in [0.29, 0.717) is 6.42 Å². The third kappa shape index (κ3) is 4.77. The Hall–Kier alpha value is -0.870. The van der Waals surface area contributed by atoms with Crippen molar-refractivity contribution in [1.29, 1.82) is 0 Å². The van der Waals surface area contributed by atoms with Crippen LogP contribution in [0.3, 0.4) is 0 Å². The molecule has 16 heavy (non-hydrogen) atoms. The van der Waals surface area contributed by atoms with E-state index in [0.717, 1.165) is 25.9 Å². The normalized spacial score (nSPS) is 10.4. The van der Waals surface area contributed by atoms with E-state index in [2.05, 4.69) is 22.8 Å². The van der Waals surface area contributed by atoms with Crippen molar-refractivity contribution in [3.63, 3.8) is 0 Å². The molecule has 0 atom stereocenters. The minimum atomic E-state index is 0.242. The Bertz CT molecular complexity index is 298. The third-order valence-electron chi connectivity index (χ3n) is 2.52. The number of rotatable bonds is 7. The average Bonchev–Trinajstić information content (AvgIpc) is 2.79. The molecule has 0 spiro atoms. The van der Waals surface area contributed by atoms with Crippen LogP contribution >= 0.6 is 11.3 Å². The number of carbonyl (C=O) groups is 1. The van der Waals surface area contributed by atoms with Gasteiger partial charge in [-0.25, -0.2) is 0 Å². The Kier molecular flexibility index (Phi) is 6.11. The van der Waals surface area contributed by atoms with E-state index < -0.39 is 0 Å². The van der Waals surface area contributed by atoms with Crippen molar-refractivity contribution in [1.82, 2.24) is 10.2 Å². The summed E-state index contributed by atoms with van der Waals surface area (Å²) in [5, 5.41) is 5.12. The number of carbonyl (C=O) groups excluding carboxylic acids is 1. The predicted octanol–water partition coefficient (Wildman–Crippen LogP) is 1.75. The molecule has 4 heteroatoms. The summed E-state index contributed by atoms with van der Waals surface area (Å²) in [5.74, 6) is 0.242. The van der Waals surface area contributed by atoms with Gasteiger partial charge in [0, 0.05) is 24.9 Å². The van der Waals surface area contributed by atoms with Gasteiger partial charge in [-0.1, -0.05) is 6.07 Å². The monoisotopic (exact) mass is 240 g/mol. The maximum Gasteiger partial charge on any atom is 0.222 e. The first-order valence-electron chi connectivity index (χ1n) is 5.65. The summed E-state index contributed by atoms with van der Waals surface area (Å²) in [6.45, 7) is 1.73. The van der Waals surface area contributed by atoms with Crippen LogP contribution in [0.4, 0.5) is 0 Å². The van der Waals surface area contributed by atoms with Gasteiger partial charge in [-0.3, -0.25) is 4.79 Å². The second-order valence-electron chi connectivity index (χ2n) is 3.85. The molecular formula is C12H20N2OS. The van der Waals surface area contributed by atoms with Crippen LogP contribution in [-0.2, 0) is 11.2 Å². The van der Waals surface area contributed by atoms with E-state index in [9.17, 15) is 4.79 Å². The van der Waals surface area contributed by atoms with Gasteiger partial charge in [0.05, 0.1) is 0 Å². The second-order valence-corrected chi connectivity index (χ2v) is 4.88. The molecule has 0 saturated heterocycles. The van der Waals surface area contributed by atoms with Gasteiger partial charge in [-0.2, -0.15) is 0 Å². The number of hydrogen-bond acceptors (Lipinski definition) is 3. The number of hydrogen-bond donors (Lipinski definition) is 1. The lowest BCUT2D eigenvalue weighted by molar-refractivity contribution is -0.129. The molecule has 0 unspecified atom stereocenters. The minimum Gasteiger partial charge on any atom is -0.345 e. The van der Waals surface area contributed by atoms with Gasteiger partial charge >= 0.3 is 0 Å². The van der Waals surface area contributed by atoms with Crippen LogP contribution in [0.25, 0.3) is 0 Å². The first-order valence-corrected chi connectivity index (χ1v) is 6.53. The van der Waals surface area contributed by atoms with Gasteiger partial charge in [-0.15, -0.1) is 11.3 Å². The molecular weight excluding hydrogens is 220 g/mol. The van der Waals surface area contributed by atoms with Gasteiger partial charge in [0.25, 0.3) is 0 Å². The summed E-state index contributed by atoms with van der Waals surface area (Å²) in [6.07, 6.45) is 2.52. The molecule has 3 nitrogen and oxygen atoms in total. The van der Waals surface area contributed by atoms with Gasteiger partial charge in [0.2, 0.25) is 5.91 Å². The van der Waals surface area contributed by atoms with Crippen molar-refractivity contribution in [2.75, 3.05) is 27.2 Å². The zero-order valence-corrected chi connectivity index (χ0v) is 10.8. The number of amides is 1. The summed E-state index contributed by atoms with van der Waals surface area (Å²) in [5.41, 5.74) is 0. The molecule has 0 aromatic carbocycles. The van der Waals surface area contributed by atoms with Crippen molar-refractivity contribution in [2.45, 2.75) is 19.3 Å². The quantitative estimate of drug-likeness (QED) is 0.736.